The monoisotopic (exact) mass is 422 g/mol. The number of hydrogen-bond donors (Lipinski definition) is 1. The van der Waals surface area contributed by atoms with Crippen molar-refractivity contribution in [1.29, 1.82) is 10.5 Å². The number of carbonyl (C=O) groups is 1. The summed E-state index contributed by atoms with van der Waals surface area (Å²) in [6, 6.07) is 6.39. The van der Waals surface area contributed by atoms with Gasteiger partial charge in [0.05, 0.1) is 5.56 Å². The first kappa shape index (κ1) is 21.8. The lowest BCUT2D eigenvalue weighted by atomic mass is 9.96. The van der Waals surface area contributed by atoms with Gasteiger partial charge in [0.1, 0.15) is 22.7 Å². The van der Waals surface area contributed by atoms with Crippen LogP contribution in [0, 0.1) is 36.5 Å². The van der Waals surface area contributed by atoms with Gasteiger partial charge >= 0.3 is 0 Å². The standard InChI is InChI=1S/C23H26N4O2S/c1-15-11-17(12-18(13-24)22(28)26-9-6-10-29-3)16(2)27(15)23-20(14-25)19-7-4-5-8-21(19)30-23/h11-12H,4-10H2,1-3H3,(H,26,28)/b18-12+. The fraction of sp³-hybridized carbons (Fsp3) is 0.435. The molecular formula is C23H26N4O2S. The second-order valence-electron chi connectivity index (χ2n) is 7.44. The van der Waals surface area contributed by atoms with E-state index in [9.17, 15) is 15.3 Å². The van der Waals surface area contributed by atoms with Crippen LogP contribution in [0.1, 0.15) is 52.2 Å². The molecule has 30 heavy (non-hydrogen) atoms. The molecule has 1 aliphatic carbocycles. The van der Waals surface area contributed by atoms with Crippen molar-refractivity contribution in [2.24, 2.45) is 0 Å². The first-order valence-electron chi connectivity index (χ1n) is 10.1. The highest BCUT2D eigenvalue weighted by Crippen LogP contribution is 2.38. The molecular weight excluding hydrogens is 396 g/mol. The van der Waals surface area contributed by atoms with E-state index in [2.05, 4.69) is 16.0 Å². The number of aryl methyl sites for hydroxylation is 2. The molecule has 1 N–H and O–H groups in total. The summed E-state index contributed by atoms with van der Waals surface area (Å²) in [6.45, 7) is 4.96. The van der Waals surface area contributed by atoms with E-state index in [4.69, 9.17) is 4.74 Å². The molecule has 2 aromatic heterocycles. The maximum absolute atomic E-state index is 12.4. The topological polar surface area (TPSA) is 90.8 Å². The second-order valence-corrected chi connectivity index (χ2v) is 8.52. The van der Waals surface area contributed by atoms with Crippen LogP contribution in [0.2, 0.25) is 0 Å². The van der Waals surface area contributed by atoms with E-state index in [1.54, 1.807) is 24.5 Å². The number of nitrogens with one attached hydrogen (secondary N) is 1. The van der Waals surface area contributed by atoms with Crippen LogP contribution in [0.5, 0.6) is 0 Å². The number of aromatic nitrogens is 1. The van der Waals surface area contributed by atoms with Gasteiger partial charge < -0.3 is 14.6 Å². The number of nitriles is 2. The minimum absolute atomic E-state index is 0.0682. The van der Waals surface area contributed by atoms with E-state index in [0.29, 0.717) is 19.6 Å². The van der Waals surface area contributed by atoms with Gasteiger partial charge in [-0.25, -0.2) is 0 Å². The van der Waals surface area contributed by atoms with Gasteiger partial charge in [0.15, 0.2) is 0 Å². The normalized spacial score (nSPS) is 13.4. The predicted molar refractivity (Wildman–Crippen MR) is 118 cm³/mol. The van der Waals surface area contributed by atoms with Gasteiger partial charge in [-0.05, 0) is 69.2 Å². The molecule has 0 aliphatic heterocycles. The largest absolute Gasteiger partial charge is 0.385 e. The van der Waals surface area contributed by atoms with Gasteiger partial charge in [-0.15, -0.1) is 11.3 Å². The summed E-state index contributed by atoms with van der Waals surface area (Å²) in [4.78, 5) is 13.7. The van der Waals surface area contributed by atoms with Crippen LogP contribution in [-0.4, -0.2) is 30.7 Å². The van der Waals surface area contributed by atoms with Gasteiger partial charge in [0, 0.05) is 36.5 Å². The highest BCUT2D eigenvalue weighted by Gasteiger charge is 2.24. The number of thiophene rings is 1. The zero-order valence-electron chi connectivity index (χ0n) is 17.7. The Balaban J connectivity index is 1.94. The Morgan fingerprint density at radius 3 is 2.80 bits per heavy atom. The summed E-state index contributed by atoms with van der Waals surface area (Å²) in [7, 11) is 1.61. The van der Waals surface area contributed by atoms with E-state index in [-0.39, 0.29) is 11.5 Å². The average molecular weight is 423 g/mol. The summed E-state index contributed by atoms with van der Waals surface area (Å²) in [5.74, 6) is -0.386. The minimum Gasteiger partial charge on any atom is -0.385 e. The quantitative estimate of drug-likeness (QED) is 0.415. The van der Waals surface area contributed by atoms with Gasteiger partial charge in [0.2, 0.25) is 0 Å². The van der Waals surface area contributed by atoms with Crippen LogP contribution < -0.4 is 5.32 Å². The molecule has 0 fully saturated rings. The molecule has 156 valence electrons. The Labute approximate surface area is 181 Å². The Morgan fingerprint density at radius 2 is 2.10 bits per heavy atom. The molecule has 0 unspecified atom stereocenters. The molecule has 6 nitrogen and oxygen atoms in total. The van der Waals surface area contributed by atoms with E-state index in [0.717, 1.165) is 46.8 Å². The Hall–Kier alpha value is -2.87. The second kappa shape index (κ2) is 9.75. The summed E-state index contributed by atoms with van der Waals surface area (Å²) in [5.41, 5.74) is 4.74. The van der Waals surface area contributed by atoms with Crippen molar-refractivity contribution in [1.82, 2.24) is 9.88 Å². The summed E-state index contributed by atoms with van der Waals surface area (Å²) < 4.78 is 7.06. The number of hydrogen-bond acceptors (Lipinski definition) is 5. The molecule has 2 heterocycles. The van der Waals surface area contributed by atoms with E-state index in [1.807, 2.05) is 26.0 Å². The van der Waals surface area contributed by atoms with Crippen molar-refractivity contribution < 1.29 is 9.53 Å². The number of amides is 1. The third kappa shape index (κ3) is 4.33. The third-order valence-electron chi connectivity index (χ3n) is 5.41. The zero-order valence-corrected chi connectivity index (χ0v) is 18.5. The van der Waals surface area contributed by atoms with Crippen molar-refractivity contribution in [2.75, 3.05) is 20.3 Å². The van der Waals surface area contributed by atoms with E-state index >= 15 is 0 Å². The number of nitrogens with zero attached hydrogens (tertiary/aromatic N) is 3. The molecule has 0 aromatic carbocycles. The van der Waals surface area contributed by atoms with Crippen molar-refractivity contribution in [3.63, 3.8) is 0 Å². The van der Waals surface area contributed by atoms with Crippen LogP contribution in [-0.2, 0) is 22.4 Å². The molecule has 0 radical (unpaired) electrons. The lowest BCUT2D eigenvalue weighted by Crippen LogP contribution is -2.26. The van der Waals surface area contributed by atoms with Crippen LogP contribution >= 0.6 is 11.3 Å². The van der Waals surface area contributed by atoms with Crippen LogP contribution in [0.15, 0.2) is 11.6 Å². The molecule has 0 saturated carbocycles. The van der Waals surface area contributed by atoms with Crippen molar-refractivity contribution >= 4 is 23.3 Å². The van der Waals surface area contributed by atoms with Gasteiger partial charge in [-0.3, -0.25) is 4.79 Å². The molecule has 7 heteroatoms. The number of carbonyl (C=O) groups excluding carboxylic acids is 1. The molecule has 0 bridgehead atoms. The molecule has 3 rings (SSSR count). The van der Waals surface area contributed by atoms with Crippen molar-refractivity contribution in [3.8, 4) is 17.1 Å². The smallest absolute Gasteiger partial charge is 0.261 e. The predicted octanol–water partition coefficient (Wildman–Crippen LogP) is 3.97. The molecule has 2 aromatic rings. The fourth-order valence-corrected chi connectivity index (χ4v) is 5.34. The van der Waals surface area contributed by atoms with E-state index in [1.165, 1.54) is 16.9 Å². The Bertz CT molecular complexity index is 1060. The lowest BCUT2D eigenvalue weighted by Gasteiger charge is -2.10. The first-order chi connectivity index (χ1) is 14.5. The Kier molecular flexibility index (Phi) is 7.10. The highest BCUT2D eigenvalue weighted by molar-refractivity contribution is 7.15. The maximum atomic E-state index is 12.4. The van der Waals surface area contributed by atoms with Gasteiger partial charge in [-0.1, -0.05) is 0 Å². The van der Waals surface area contributed by atoms with Crippen molar-refractivity contribution in [3.05, 3.63) is 44.6 Å². The summed E-state index contributed by atoms with van der Waals surface area (Å²) in [6.07, 6.45) is 6.60. The lowest BCUT2D eigenvalue weighted by molar-refractivity contribution is -0.117. The molecule has 1 aliphatic rings. The van der Waals surface area contributed by atoms with E-state index < -0.39 is 0 Å². The van der Waals surface area contributed by atoms with Gasteiger partial charge in [-0.2, -0.15) is 10.5 Å². The first-order valence-corrected chi connectivity index (χ1v) is 11.0. The number of methoxy groups -OCH3 is 1. The van der Waals surface area contributed by atoms with Crippen LogP contribution in [0.25, 0.3) is 11.1 Å². The Morgan fingerprint density at radius 1 is 1.33 bits per heavy atom. The molecule has 1 amide bonds. The maximum Gasteiger partial charge on any atom is 0.261 e. The fourth-order valence-electron chi connectivity index (χ4n) is 3.89. The van der Waals surface area contributed by atoms with Gasteiger partial charge in [0.25, 0.3) is 5.91 Å². The minimum atomic E-state index is -0.386. The highest BCUT2D eigenvalue weighted by atomic mass is 32.1. The average Bonchev–Trinajstić information content (AvgIpc) is 3.24. The molecule has 0 atom stereocenters. The van der Waals surface area contributed by atoms with Crippen LogP contribution in [0.3, 0.4) is 0 Å². The van der Waals surface area contributed by atoms with Crippen LogP contribution in [0.4, 0.5) is 0 Å². The zero-order chi connectivity index (χ0) is 21.7. The van der Waals surface area contributed by atoms with Crippen molar-refractivity contribution in [2.45, 2.75) is 46.0 Å². The summed E-state index contributed by atoms with van der Waals surface area (Å²) >= 11 is 1.69. The summed E-state index contributed by atoms with van der Waals surface area (Å²) in [5, 5.41) is 23.0. The molecule has 0 saturated heterocycles. The number of rotatable bonds is 7. The SMILES string of the molecule is COCCCNC(=O)/C(C#N)=C/c1cc(C)n(-c2sc3c(c2C#N)CCCC3)c1C. The third-order valence-corrected chi connectivity index (χ3v) is 6.69. The number of ether oxygens (including phenoxy) is 1. The molecule has 0 spiro atoms. The number of fused-ring (bicyclic) bond motifs is 1.